The van der Waals surface area contributed by atoms with E-state index < -0.39 is 15.8 Å². The van der Waals surface area contributed by atoms with Crippen LogP contribution in [-0.2, 0) is 21.2 Å². The largest absolute Gasteiger partial charge is 0.360 e. The molecule has 10 heteroatoms. The number of amides is 1. The molecule has 0 bridgehead atoms. The van der Waals surface area contributed by atoms with Crippen LogP contribution in [0.2, 0.25) is 5.02 Å². The van der Waals surface area contributed by atoms with Crippen LogP contribution >= 0.6 is 11.6 Å². The molecule has 1 aliphatic rings. The van der Waals surface area contributed by atoms with Crippen molar-refractivity contribution in [3.05, 3.63) is 46.1 Å². The van der Waals surface area contributed by atoms with Gasteiger partial charge in [-0.2, -0.15) is 4.31 Å². The van der Waals surface area contributed by atoms with Crippen LogP contribution in [-0.4, -0.2) is 54.9 Å². The van der Waals surface area contributed by atoms with E-state index in [0.717, 1.165) is 0 Å². The van der Waals surface area contributed by atoms with Gasteiger partial charge in [0.25, 0.3) is 0 Å². The minimum Gasteiger partial charge on any atom is -0.360 e. The molecule has 0 N–H and O–H groups in total. The van der Waals surface area contributed by atoms with Crippen LogP contribution in [0.1, 0.15) is 23.4 Å². The first-order valence-electron chi connectivity index (χ1n) is 8.85. The quantitative estimate of drug-likeness (QED) is 0.745. The second-order valence-electron chi connectivity index (χ2n) is 6.67. The summed E-state index contributed by atoms with van der Waals surface area (Å²) in [7, 11) is -3.77. The SMILES string of the molecule is Cc1noc(C)c1S(=O)(=O)N1CCCN(C(=O)Cc2c(F)cccc2Cl)CC1. The highest BCUT2D eigenvalue weighted by Crippen LogP contribution is 2.25. The van der Waals surface area contributed by atoms with E-state index in [9.17, 15) is 17.6 Å². The molecule has 1 aromatic carbocycles. The molecule has 0 spiro atoms. The van der Waals surface area contributed by atoms with Crippen LogP contribution in [0.25, 0.3) is 0 Å². The predicted molar refractivity (Wildman–Crippen MR) is 101 cm³/mol. The molecule has 3 rings (SSSR count). The maximum Gasteiger partial charge on any atom is 0.248 e. The summed E-state index contributed by atoms with van der Waals surface area (Å²) in [5.41, 5.74) is 0.461. The molecule has 1 saturated heterocycles. The Morgan fingerprint density at radius 2 is 2.00 bits per heavy atom. The number of halogens is 2. The minimum absolute atomic E-state index is 0.0745. The lowest BCUT2D eigenvalue weighted by Crippen LogP contribution is -2.38. The van der Waals surface area contributed by atoms with Gasteiger partial charge in [-0.05, 0) is 32.4 Å². The smallest absolute Gasteiger partial charge is 0.248 e. The monoisotopic (exact) mass is 429 g/mol. The Morgan fingerprint density at radius 3 is 2.64 bits per heavy atom. The minimum atomic E-state index is -3.77. The average molecular weight is 430 g/mol. The van der Waals surface area contributed by atoms with Gasteiger partial charge in [-0.15, -0.1) is 0 Å². The van der Waals surface area contributed by atoms with E-state index in [-0.39, 0.29) is 53.2 Å². The predicted octanol–water partition coefficient (Wildman–Crippen LogP) is 2.55. The van der Waals surface area contributed by atoms with Gasteiger partial charge in [0.1, 0.15) is 16.4 Å². The van der Waals surface area contributed by atoms with Gasteiger partial charge in [0, 0.05) is 36.8 Å². The van der Waals surface area contributed by atoms with Gasteiger partial charge in [-0.3, -0.25) is 4.79 Å². The molecule has 1 amide bonds. The Kier molecular flexibility index (Phi) is 6.07. The summed E-state index contributed by atoms with van der Waals surface area (Å²) >= 11 is 6.00. The highest BCUT2D eigenvalue weighted by molar-refractivity contribution is 7.89. The van der Waals surface area contributed by atoms with Crippen LogP contribution in [0, 0.1) is 19.7 Å². The number of carbonyl (C=O) groups is 1. The second-order valence-corrected chi connectivity index (χ2v) is 8.95. The summed E-state index contributed by atoms with van der Waals surface area (Å²) in [5, 5.41) is 3.91. The molecule has 1 fully saturated rings. The lowest BCUT2D eigenvalue weighted by molar-refractivity contribution is -0.130. The zero-order valence-electron chi connectivity index (χ0n) is 15.6. The molecule has 1 aromatic heterocycles. The van der Waals surface area contributed by atoms with Crippen molar-refractivity contribution < 1.29 is 22.1 Å². The average Bonchev–Trinajstić information content (AvgIpc) is 2.84. The van der Waals surface area contributed by atoms with Crippen molar-refractivity contribution in [2.75, 3.05) is 26.2 Å². The van der Waals surface area contributed by atoms with E-state index in [1.54, 1.807) is 18.7 Å². The highest BCUT2D eigenvalue weighted by Gasteiger charge is 2.33. The summed E-state index contributed by atoms with van der Waals surface area (Å²) in [6.07, 6.45) is 0.307. The number of hydrogen-bond acceptors (Lipinski definition) is 5. The number of benzene rings is 1. The van der Waals surface area contributed by atoms with Gasteiger partial charge >= 0.3 is 0 Å². The van der Waals surface area contributed by atoms with Crippen LogP contribution in [0.3, 0.4) is 0 Å². The number of aromatic nitrogens is 1. The maximum atomic E-state index is 14.0. The zero-order chi connectivity index (χ0) is 20.5. The highest BCUT2D eigenvalue weighted by atomic mass is 35.5. The first-order valence-corrected chi connectivity index (χ1v) is 10.7. The molecule has 0 atom stereocenters. The molecule has 2 heterocycles. The van der Waals surface area contributed by atoms with Crippen molar-refractivity contribution >= 4 is 27.5 Å². The third kappa shape index (κ3) is 4.06. The third-order valence-corrected chi connectivity index (χ3v) is 7.26. The van der Waals surface area contributed by atoms with E-state index in [1.165, 1.54) is 22.5 Å². The molecule has 2 aromatic rings. The Balaban J connectivity index is 1.72. The molecule has 0 saturated carbocycles. The van der Waals surface area contributed by atoms with E-state index in [2.05, 4.69) is 5.16 Å². The molecule has 0 unspecified atom stereocenters. The summed E-state index contributed by atoms with van der Waals surface area (Å²) in [5.74, 6) is -0.578. The zero-order valence-corrected chi connectivity index (χ0v) is 17.2. The van der Waals surface area contributed by atoms with E-state index in [4.69, 9.17) is 16.1 Å². The summed E-state index contributed by atoms with van der Waals surface area (Å²) in [6.45, 7) is 4.15. The van der Waals surface area contributed by atoms with Crippen molar-refractivity contribution in [3.63, 3.8) is 0 Å². The maximum absolute atomic E-state index is 14.0. The van der Waals surface area contributed by atoms with Crippen molar-refractivity contribution in [1.29, 1.82) is 0 Å². The fraction of sp³-hybridized carbons (Fsp3) is 0.444. The molecule has 152 valence electrons. The number of rotatable bonds is 4. The first kappa shape index (κ1) is 20.8. The Morgan fingerprint density at radius 1 is 1.25 bits per heavy atom. The van der Waals surface area contributed by atoms with Gasteiger partial charge in [0.05, 0.1) is 6.42 Å². The number of aryl methyl sites for hydroxylation is 2. The van der Waals surface area contributed by atoms with Crippen molar-refractivity contribution in [1.82, 2.24) is 14.4 Å². The molecule has 7 nitrogen and oxygen atoms in total. The normalized spacial score (nSPS) is 16.2. The first-order chi connectivity index (χ1) is 13.2. The molecule has 28 heavy (non-hydrogen) atoms. The summed E-state index contributed by atoms with van der Waals surface area (Å²) in [6, 6.07) is 4.28. The molecule has 0 aliphatic carbocycles. The van der Waals surface area contributed by atoms with Crippen LogP contribution < -0.4 is 0 Å². The van der Waals surface area contributed by atoms with Gasteiger partial charge < -0.3 is 9.42 Å². The van der Waals surface area contributed by atoms with Gasteiger partial charge in [-0.25, -0.2) is 12.8 Å². The standard InChI is InChI=1S/C18H21ClFN3O4S/c1-12-18(13(2)27-21-12)28(25,26)23-8-4-7-22(9-10-23)17(24)11-14-15(19)5-3-6-16(14)20/h3,5-6H,4,7-11H2,1-2H3. The van der Waals surface area contributed by atoms with E-state index in [1.807, 2.05) is 0 Å². The van der Waals surface area contributed by atoms with Crippen LogP contribution in [0.4, 0.5) is 4.39 Å². The van der Waals surface area contributed by atoms with E-state index in [0.29, 0.717) is 18.7 Å². The molecular weight excluding hydrogens is 409 g/mol. The Labute approximate surface area is 168 Å². The molecule has 1 aliphatic heterocycles. The van der Waals surface area contributed by atoms with Gasteiger partial charge in [-0.1, -0.05) is 22.8 Å². The van der Waals surface area contributed by atoms with Crippen molar-refractivity contribution in [2.45, 2.75) is 31.6 Å². The van der Waals surface area contributed by atoms with Crippen LogP contribution in [0.15, 0.2) is 27.6 Å². The topological polar surface area (TPSA) is 83.7 Å². The number of hydrogen-bond donors (Lipinski definition) is 0. The number of nitrogens with zero attached hydrogens (tertiary/aromatic N) is 3. The van der Waals surface area contributed by atoms with Crippen molar-refractivity contribution in [2.24, 2.45) is 0 Å². The summed E-state index contributed by atoms with van der Waals surface area (Å²) < 4.78 is 46.2. The lowest BCUT2D eigenvalue weighted by Gasteiger charge is -2.22. The fourth-order valence-corrected chi connectivity index (χ4v) is 5.31. The van der Waals surface area contributed by atoms with Gasteiger partial charge in [0.15, 0.2) is 5.76 Å². The summed E-state index contributed by atoms with van der Waals surface area (Å²) in [4.78, 5) is 14.2. The number of sulfonamides is 1. The molecule has 0 radical (unpaired) electrons. The fourth-order valence-electron chi connectivity index (χ4n) is 3.32. The lowest BCUT2D eigenvalue weighted by atomic mass is 10.1. The second kappa shape index (κ2) is 8.18. The third-order valence-electron chi connectivity index (χ3n) is 4.76. The van der Waals surface area contributed by atoms with Crippen molar-refractivity contribution in [3.8, 4) is 0 Å². The Bertz CT molecular complexity index is 953. The molecular formula is C18H21ClFN3O4S. The number of carbonyl (C=O) groups excluding carboxylic acids is 1. The van der Waals surface area contributed by atoms with Crippen LogP contribution in [0.5, 0.6) is 0 Å². The Hall–Kier alpha value is -1.97. The van der Waals surface area contributed by atoms with E-state index >= 15 is 0 Å². The van der Waals surface area contributed by atoms with Gasteiger partial charge in [0.2, 0.25) is 15.9 Å².